The van der Waals surface area contributed by atoms with Crippen LogP contribution in [0.15, 0.2) is 127 Å². The van der Waals surface area contributed by atoms with Crippen LogP contribution in [-0.4, -0.2) is 53.9 Å². The molecule has 49 heavy (non-hydrogen) atoms. The van der Waals surface area contributed by atoms with Crippen LogP contribution in [0.2, 0.25) is 0 Å². The normalized spacial score (nSPS) is 12.7. The summed E-state index contributed by atoms with van der Waals surface area (Å²) >= 11 is 0. The van der Waals surface area contributed by atoms with E-state index in [2.05, 4.69) is 21.3 Å². The van der Waals surface area contributed by atoms with Crippen molar-refractivity contribution in [2.24, 2.45) is 0 Å². The minimum absolute atomic E-state index is 0.0718. The molecule has 5 aromatic rings. The SMILES string of the molecule is CNC(=O)[C@@H](Cc1ccc(O)cc1)NC(=O)[C@@H](Cc1ccccc1)NC(=O)[C@@H](Cc1ccccc1)NC(=O)Cc1ccc2ccccc2c1. The third-order valence-corrected chi connectivity index (χ3v) is 8.28. The van der Waals surface area contributed by atoms with Crippen LogP contribution in [0.5, 0.6) is 5.75 Å². The van der Waals surface area contributed by atoms with E-state index in [0.29, 0.717) is 0 Å². The van der Waals surface area contributed by atoms with E-state index in [0.717, 1.165) is 33.0 Å². The zero-order valence-electron chi connectivity index (χ0n) is 27.3. The fourth-order valence-corrected chi connectivity index (χ4v) is 5.69. The first-order chi connectivity index (χ1) is 23.8. The fourth-order valence-electron chi connectivity index (χ4n) is 5.69. The standard InChI is InChI=1S/C40H40N4O5/c1-41-38(47)34(25-29-17-20-33(45)21-18-29)43-40(49)36(24-28-12-6-3-7-13-28)44-39(48)35(23-27-10-4-2-5-11-27)42-37(46)26-30-16-19-31-14-8-9-15-32(31)22-30/h2-22,34-36,45H,23-26H2,1H3,(H,41,47)(H,42,46)(H,43,49)(H,44,48)/t34-,35-,36-/m1/s1. The lowest BCUT2D eigenvalue weighted by Gasteiger charge is -2.25. The van der Waals surface area contributed by atoms with E-state index < -0.39 is 35.8 Å². The minimum atomic E-state index is -1.06. The van der Waals surface area contributed by atoms with Crippen LogP contribution < -0.4 is 21.3 Å². The lowest BCUT2D eigenvalue weighted by Crippen LogP contribution is -2.58. The number of carbonyl (C=O) groups is 4. The van der Waals surface area contributed by atoms with Gasteiger partial charge in [-0.05, 0) is 45.2 Å². The maximum absolute atomic E-state index is 14.0. The van der Waals surface area contributed by atoms with Gasteiger partial charge >= 0.3 is 0 Å². The number of fused-ring (bicyclic) bond motifs is 1. The summed E-state index contributed by atoms with van der Waals surface area (Å²) in [6.07, 6.45) is 0.597. The molecule has 3 atom stereocenters. The largest absolute Gasteiger partial charge is 0.508 e. The Kier molecular flexibility index (Phi) is 11.7. The first-order valence-electron chi connectivity index (χ1n) is 16.2. The Bertz CT molecular complexity index is 1880. The molecule has 9 nitrogen and oxygen atoms in total. The number of carbonyl (C=O) groups excluding carboxylic acids is 4. The molecule has 0 heterocycles. The number of likely N-dealkylation sites (N-methyl/N-ethyl adjacent to an activating group) is 1. The monoisotopic (exact) mass is 656 g/mol. The van der Waals surface area contributed by atoms with Gasteiger partial charge in [-0.2, -0.15) is 0 Å². The highest BCUT2D eigenvalue weighted by Gasteiger charge is 2.30. The van der Waals surface area contributed by atoms with Gasteiger partial charge < -0.3 is 26.4 Å². The van der Waals surface area contributed by atoms with Crippen molar-refractivity contribution >= 4 is 34.4 Å². The number of benzene rings is 5. The van der Waals surface area contributed by atoms with Crippen LogP contribution in [0, 0.1) is 0 Å². The Balaban J connectivity index is 1.35. The lowest BCUT2D eigenvalue weighted by atomic mass is 10.0. The topological polar surface area (TPSA) is 137 Å². The molecule has 0 spiro atoms. The maximum Gasteiger partial charge on any atom is 0.243 e. The molecule has 5 rings (SSSR count). The van der Waals surface area contributed by atoms with Gasteiger partial charge in [-0.3, -0.25) is 19.2 Å². The van der Waals surface area contributed by atoms with Gasteiger partial charge in [0, 0.05) is 26.3 Å². The molecular weight excluding hydrogens is 616 g/mol. The first kappa shape index (κ1) is 34.4. The summed E-state index contributed by atoms with van der Waals surface area (Å²) in [5.41, 5.74) is 3.18. The molecule has 0 aliphatic heterocycles. The second kappa shape index (κ2) is 16.7. The highest BCUT2D eigenvalue weighted by atomic mass is 16.3. The van der Waals surface area contributed by atoms with E-state index in [1.165, 1.54) is 19.2 Å². The Morgan fingerprint density at radius 1 is 0.510 bits per heavy atom. The Hall–Kier alpha value is -5.96. The summed E-state index contributed by atoms with van der Waals surface area (Å²) in [4.78, 5) is 54.1. The molecule has 5 N–H and O–H groups in total. The number of hydrogen-bond donors (Lipinski definition) is 5. The van der Waals surface area contributed by atoms with Gasteiger partial charge in [0.05, 0.1) is 6.42 Å². The zero-order chi connectivity index (χ0) is 34.6. The van der Waals surface area contributed by atoms with E-state index in [4.69, 9.17) is 0 Å². The highest BCUT2D eigenvalue weighted by Crippen LogP contribution is 2.17. The lowest BCUT2D eigenvalue weighted by molar-refractivity contribution is -0.133. The number of phenols is 1. The Morgan fingerprint density at radius 3 is 1.51 bits per heavy atom. The number of nitrogens with one attached hydrogen (secondary N) is 4. The molecule has 0 unspecified atom stereocenters. The highest BCUT2D eigenvalue weighted by molar-refractivity contribution is 5.95. The van der Waals surface area contributed by atoms with Crippen molar-refractivity contribution in [2.45, 2.75) is 43.8 Å². The van der Waals surface area contributed by atoms with Crippen molar-refractivity contribution in [1.29, 1.82) is 0 Å². The summed E-state index contributed by atoms with van der Waals surface area (Å²) < 4.78 is 0. The number of phenolic OH excluding ortho intramolecular Hbond substituents is 1. The predicted octanol–water partition coefficient (Wildman–Crippen LogP) is 4.02. The maximum atomic E-state index is 14.0. The van der Waals surface area contributed by atoms with Gasteiger partial charge in [-0.15, -0.1) is 0 Å². The van der Waals surface area contributed by atoms with Crippen LogP contribution in [0.3, 0.4) is 0 Å². The summed E-state index contributed by atoms with van der Waals surface area (Å²) in [6, 6.07) is 35.7. The van der Waals surface area contributed by atoms with Gasteiger partial charge in [0.1, 0.15) is 23.9 Å². The number of aromatic hydroxyl groups is 1. The summed E-state index contributed by atoms with van der Waals surface area (Å²) in [7, 11) is 1.48. The molecule has 0 aliphatic rings. The number of amides is 4. The van der Waals surface area contributed by atoms with E-state index in [-0.39, 0.29) is 37.3 Å². The Morgan fingerprint density at radius 2 is 0.959 bits per heavy atom. The van der Waals surface area contributed by atoms with Gasteiger partial charge in [-0.1, -0.05) is 115 Å². The van der Waals surface area contributed by atoms with E-state index in [1.807, 2.05) is 103 Å². The third-order valence-electron chi connectivity index (χ3n) is 8.28. The molecule has 0 aliphatic carbocycles. The van der Waals surface area contributed by atoms with Gasteiger partial charge in [-0.25, -0.2) is 0 Å². The third kappa shape index (κ3) is 10.0. The quantitative estimate of drug-likeness (QED) is 0.123. The molecule has 0 saturated heterocycles. The average molecular weight is 657 g/mol. The van der Waals surface area contributed by atoms with Crippen molar-refractivity contribution in [2.75, 3.05) is 7.05 Å². The van der Waals surface area contributed by atoms with Gasteiger partial charge in [0.15, 0.2) is 0 Å². The van der Waals surface area contributed by atoms with Crippen LogP contribution in [0.25, 0.3) is 10.8 Å². The summed E-state index contributed by atoms with van der Waals surface area (Å²) in [5.74, 6) is -1.73. The van der Waals surface area contributed by atoms with Crippen molar-refractivity contribution in [3.05, 3.63) is 150 Å². The second-order valence-electron chi connectivity index (χ2n) is 12.0. The van der Waals surface area contributed by atoms with Crippen molar-refractivity contribution in [1.82, 2.24) is 21.3 Å². The Labute approximate surface area is 285 Å². The molecule has 4 amide bonds. The van der Waals surface area contributed by atoms with E-state index in [9.17, 15) is 24.3 Å². The summed E-state index contributed by atoms with van der Waals surface area (Å²) in [5, 5.41) is 23.0. The van der Waals surface area contributed by atoms with Crippen molar-refractivity contribution in [3.8, 4) is 5.75 Å². The molecule has 5 aromatic carbocycles. The number of hydrogen-bond acceptors (Lipinski definition) is 5. The molecule has 0 saturated carbocycles. The average Bonchev–Trinajstić information content (AvgIpc) is 3.12. The van der Waals surface area contributed by atoms with E-state index >= 15 is 0 Å². The predicted molar refractivity (Wildman–Crippen MR) is 190 cm³/mol. The molecule has 0 radical (unpaired) electrons. The fraction of sp³-hybridized carbons (Fsp3) is 0.200. The molecule has 0 fully saturated rings. The second-order valence-corrected chi connectivity index (χ2v) is 12.0. The molecule has 0 aromatic heterocycles. The molecule has 0 bridgehead atoms. The molecule has 250 valence electrons. The van der Waals surface area contributed by atoms with Crippen molar-refractivity contribution < 1.29 is 24.3 Å². The van der Waals surface area contributed by atoms with Crippen LogP contribution >= 0.6 is 0 Å². The smallest absolute Gasteiger partial charge is 0.243 e. The van der Waals surface area contributed by atoms with Crippen LogP contribution in [-0.2, 0) is 44.9 Å². The number of rotatable bonds is 14. The first-order valence-corrected chi connectivity index (χ1v) is 16.2. The van der Waals surface area contributed by atoms with Crippen LogP contribution in [0.1, 0.15) is 22.3 Å². The minimum Gasteiger partial charge on any atom is -0.508 e. The molecule has 9 heteroatoms. The van der Waals surface area contributed by atoms with Crippen LogP contribution in [0.4, 0.5) is 0 Å². The summed E-state index contributed by atoms with van der Waals surface area (Å²) in [6.45, 7) is 0. The zero-order valence-corrected chi connectivity index (χ0v) is 27.3. The van der Waals surface area contributed by atoms with E-state index in [1.54, 1.807) is 12.1 Å². The van der Waals surface area contributed by atoms with Crippen molar-refractivity contribution in [3.63, 3.8) is 0 Å². The van der Waals surface area contributed by atoms with Gasteiger partial charge in [0.2, 0.25) is 23.6 Å². The van der Waals surface area contributed by atoms with Gasteiger partial charge in [0.25, 0.3) is 0 Å². The molecular formula is C40H40N4O5.